The molecular weight excluding hydrogens is 244 g/mol. The number of carbonyl (C=O) groups excluding carboxylic acids is 1. The largest absolute Gasteiger partial charge is 0.507 e. The van der Waals surface area contributed by atoms with E-state index in [0.717, 1.165) is 0 Å². The quantitative estimate of drug-likeness (QED) is 0.846. The van der Waals surface area contributed by atoms with E-state index in [0.29, 0.717) is 37.4 Å². The van der Waals surface area contributed by atoms with Gasteiger partial charge in [0.15, 0.2) is 0 Å². The highest BCUT2D eigenvalue weighted by Crippen LogP contribution is 2.23. The average molecular weight is 264 g/mol. The third-order valence-corrected chi connectivity index (χ3v) is 3.33. The molecule has 104 valence electrons. The third-order valence-electron chi connectivity index (χ3n) is 3.33. The topological polar surface area (TPSA) is 61.8 Å². The number of hydrogen-bond donors (Lipinski definition) is 2. The minimum absolute atomic E-state index is 0.00894. The molecule has 0 bridgehead atoms. The molecule has 1 unspecified atom stereocenters. The molecule has 5 nitrogen and oxygen atoms in total. The van der Waals surface area contributed by atoms with Crippen molar-refractivity contribution in [3.63, 3.8) is 0 Å². The SMILES string of the molecule is CNCC1CN(C(=O)c2cccc(C)c2O)CCO1. The van der Waals surface area contributed by atoms with Gasteiger partial charge in [-0.25, -0.2) is 0 Å². The molecule has 0 spiro atoms. The number of likely N-dealkylation sites (N-methyl/N-ethyl adjacent to an activating group) is 1. The van der Waals surface area contributed by atoms with E-state index >= 15 is 0 Å². The second kappa shape index (κ2) is 6.04. The Labute approximate surface area is 113 Å². The number of amides is 1. The van der Waals surface area contributed by atoms with E-state index in [9.17, 15) is 9.90 Å². The molecule has 5 heteroatoms. The summed E-state index contributed by atoms with van der Waals surface area (Å²) in [7, 11) is 1.86. The van der Waals surface area contributed by atoms with Crippen LogP contribution in [0.5, 0.6) is 5.75 Å². The van der Waals surface area contributed by atoms with Crippen molar-refractivity contribution in [2.24, 2.45) is 0 Å². The molecule has 1 aromatic rings. The van der Waals surface area contributed by atoms with Gasteiger partial charge in [0.2, 0.25) is 0 Å². The monoisotopic (exact) mass is 264 g/mol. The Morgan fingerprint density at radius 3 is 3.11 bits per heavy atom. The number of morpholine rings is 1. The molecule has 19 heavy (non-hydrogen) atoms. The highest BCUT2D eigenvalue weighted by molar-refractivity contribution is 5.97. The zero-order chi connectivity index (χ0) is 13.8. The van der Waals surface area contributed by atoms with Gasteiger partial charge in [-0.1, -0.05) is 12.1 Å². The number of nitrogens with zero attached hydrogens (tertiary/aromatic N) is 1. The van der Waals surface area contributed by atoms with Gasteiger partial charge in [0.05, 0.1) is 18.3 Å². The van der Waals surface area contributed by atoms with Crippen LogP contribution in [-0.2, 0) is 4.74 Å². The Morgan fingerprint density at radius 1 is 1.58 bits per heavy atom. The molecule has 0 aromatic heterocycles. The van der Waals surface area contributed by atoms with Crippen LogP contribution in [0.3, 0.4) is 0 Å². The van der Waals surface area contributed by atoms with Crippen molar-refractivity contribution in [2.75, 3.05) is 33.3 Å². The number of carbonyl (C=O) groups is 1. The lowest BCUT2D eigenvalue weighted by atomic mass is 10.1. The molecule has 0 radical (unpaired) electrons. The summed E-state index contributed by atoms with van der Waals surface area (Å²) in [6.07, 6.45) is 0.00894. The lowest BCUT2D eigenvalue weighted by Gasteiger charge is -2.33. The summed E-state index contributed by atoms with van der Waals surface area (Å²) in [5.74, 6) is -0.0604. The van der Waals surface area contributed by atoms with Crippen LogP contribution < -0.4 is 5.32 Å². The van der Waals surface area contributed by atoms with Crippen molar-refractivity contribution in [2.45, 2.75) is 13.0 Å². The van der Waals surface area contributed by atoms with Gasteiger partial charge in [0, 0.05) is 19.6 Å². The summed E-state index contributed by atoms with van der Waals surface area (Å²) >= 11 is 0. The predicted octanol–water partition coefficient (Wildman–Crippen LogP) is 0.761. The first-order chi connectivity index (χ1) is 9.13. The van der Waals surface area contributed by atoms with Gasteiger partial charge in [-0.2, -0.15) is 0 Å². The fraction of sp³-hybridized carbons (Fsp3) is 0.500. The molecule has 1 saturated heterocycles. The van der Waals surface area contributed by atoms with Crippen LogP contribution in [0.4, 0.5) is 0 Å². The van der Waals surface area contributed by atoms with Crippen molar-refractivity contribution < 1.29 is 14.6 Å². The maximum atomic E-state index is 12.4. The molecular formula is C14H20N2O3. The molecule has 0 aliphatic carbocycles. The van der Waals surface area contributed by atoms with E-state index in [4.69, 9.17) is 4.74 Å². The average Bonchev–Trinajstić information content (AvgIpc) is 2.42. The highest BCUT2D eigenvalue weighted by atomic mass is 16.5. The van der Waals surface area contributed by atoms with E-state index in [1.54, 1.807) is 30.0 Å². The molecule has 1 heterocycles. The van der Waals surface area contributed by atoms with Crippen LogP contribution in [0.15, 0.2) is 18.2 Å². The molecule has 1 aliphatic rings. The molecule has 1 fully saturated rings. The van der Waals surface area contributed by atoms with Gasteiger partial charge in [-0.3, -0.25) is 4.79 Å². The number of ether oxygens (including phenoxy) is 1. The lowest BCUT2D eigenvalue weighted by Crippen LogP contribution is -2.48. The standard InChI is InChI=1S/C14H20N2O3/c1-10-4-3-5-12(13(10)17)14(18)16-6-7-19-11(9-16)8-15-2/h3-5,11,15,17H,6-9H2,1-2H3. The number of para-hydroxylation sites is 1. The first-order valence-corrected chi connectivity index (χ1v) is 6.47. The first kappa shape index (κ1) is 13.8. The molecule has 1 aliphatic heterocycles. The van der Waals surface area contributed by atoms with E-state index in [2.05, 4.69) is 5.32 Å². The lowest BCUT2D eigenvalue weighted by molar-refractivity contribution is -0.0197. The van der Waals surface area contributed by atoms with E-state index < -0.39 is 0 Å². The zero-order valence-corrected chi connectivity index (χ0v) is 11.3. The number of phenols is 1. The minimum Gasteiger partial charge on any atom is -0.507 e. The van der Waals surface area contributed by atoms with Gasteiger partial charge in [-0.05, 0) is 25.6 Å². The van der Waals surface area contributed by atoms with Crippen molar-refractivity contribution >= 4 is 5.91 Å². The van der Waals surface area contributed by atoms with E-state index in [1.807, 2.05) is 7.05 Å². The first-order valence-electron chi connectivity index (χ1n) is 6.47. The van der Waals surface area contributed by atoms with Gasteiger partial charge in [0.1, 0.15) is 5.75 Å². The van der Waals surface area contributed by atoms with Crippen molar-refractivity contribution in [3.8, 4) is 5.75 Å². The fourth-order valence-electron chi connectivity index (χ4n) is 2.26. The van der Waals surface area contributed by atoms with Gasteiger partial charge >= 0.3 is 0 Å². The van der Waals surface area contributed by atoms with Crippen LogP contribution in [0.1, 0.15) is 15.9 Å². The van der Waals surface area contributed by atoms with Crippen LogP contribution >= 0.6 is 0 Å². The van der Waals surface area contributed by atoms with Crippen molar-refractivity contribution in [3.05, 3.63) is 29.3 Å². The molecule has 1 atom stereocenters. The highest BCUT2D eigenvalue weighted by Gasteiger charge is 2.26. The second-order valence-electron chi connectivity index (χ2n) is 4.77. The maximum absolute atomic E-state index is 12.4. The van der Waals surface area contributed by atoms with E-state index in [1.165, 1.54) is 0 Å². The number of benzene rings is 1. The fourth-order valence-corrected chi connectivity index (χ4v) is 2.26. The summed E-state index contributed by atoms with van der Waals surface area (Å²) in [6, 6.07) is 5.23. The maximum Gasteiger partial charge on any atom is 0.257 e. The minimum atomic E-state index is -0.134. The predicted molar refractivity (Wildman–Crippen MR) is 72.4 cm³/mol. The third kappa shape index (κ3) is 3.05. The molecule has 2 rings (SSSR count). The van der Waals surface area contributed by atoms with E-state index in [-0.39, 0.29) is 17.8 Å². The van der Waals surface area contributed by atoms with Gasteiger partial charge in [0.25, 0.3) is 5.91 Å². The summed E-state index contributed by atoms with van der Waals surface area (Å²) in [5, 5.41) is 13.0. The van der Waals surface area contributed by atoms with Crippen LogP contribution in [0, 0.1) is 6.92 Å². The number of nitrogens with one attached hydrogen (secondary N) is 1. The Morgan fingerprint density at radius 2 is 2.37 bits per heavy atom. The van der Waals surface area contributed by atoms with Crippen LogP contribution in [0.25, 0.3) is 0 Å². The molecule has 1 amide bonds. The van der Waals surface area contributed by atoms with Crippen molar-refractivity contribution in [1.29, 1.82) is 0 Å². The van der Waals surface area contributed by atoms with Crippen molar-refractivity contribution in [1.82, 2.24) is 10.2 Å². The summed E-state index contributed by atoms with van der Waals surface area (Å²) in [6.45, 7) is 4.14. The molecule has 1 aromatic carbocycles. The molecule has 0 saturated carbocycles. The zero-order valence-electron chi connectivity index (χ0n) is 11.3. The van der Waals surface area contributed by atoms with Crippen LogP contribution in [0.2, 0.25) is 0 Å². The Hall–Kier alpha value is -1.59. The number of rotatable bonds is 3. The van der Waals surface area contributed by atoms with Crippen LogP contribution in [-0.4, -0.2) is 55.3 Å². The number of phenolic OH excluding ortho intramolecular Hbond substituents is 1. The smallest absolute Gasteiger partial charge is 0.257 e. The Bertz CT molecular complexity index is 460. The van der Waals surface area contributed by atoms with Gasteiger partial charge in [-0.15, -0.1) is 0 Å². The number of aromatic hydroxyl groups is 1. The van der Waals surface area contributed by atoms with Gasteiger partial charge < -0.3 is 20.1 Å². The molecule has 2 N–H and O–H groups in total. The number of aryl methyl sites for hydroxylation is 1. The Balaban J connectivity index is 2.12. The Kier molecular flexibility index (Phi) is 4.39. The normalized spacial score (nSPS) is 19.5. The summed E-state index contributed by atoms with van der Waals surface area (Å²) < 4.78 is 5.57. The second-order valence-corrected chi connectivity index (χ2v) is 4.77. The number of hydrogen-bond acceptors (Lipinski definition) is 4. The summed E-state index contributed by atoms with van der Waals surface area (Å²) in [4.78, 5) is 14.1. The summed E-state index contributed by atoms with van der Waals surface area (Å²) in [5.41, 5.74) is 1.08.